The quantitative estimate of drug-likeness (QED) is 0.531. The van der Waals surface area contributed by atoms with Gasteiger partial charge in [0, 0.05) is 18.1 Å². The van der Waals surface area contributed by atoms with Crippen LogP contribution in [0.1, 0.15) is 47.2 Å². The second kappa shape index (κ2) is 8.17. The molecule has 1 aliphatic heterocycles. The van der Waals surface area contributed by atoms with Gasteiger partial charge in [-0.05, 0) is 78.8 Å². The summed E-state index contributed by atoms with van der Waals surface area (Å²) >= 11 is 0. The van der Waals surface area contributed by atoms with Crippen molar-refractivity contribution in [3.63, 3.8) is 0 Å². The summed E-state index contributed by atoms with van der Waals surface area (Å²) in [5.41, 5.74) is 11.8. The molecule has 1 fully saturated rings. The number of aromatic nitrogens is 1. The summed E-state index contributed by atoms with van der Waals surface area (Å²) < 4.78 is 0. The number of carbonyl (C=O) groups excluding carboxylic acids is 1. The van der Waals surface area contributed by atoms with E-state index in [1.807, 2.05) is 6.07 Å². The molecule has 1 aliphatic rings. The molecule has 5 N–H and O–H groups in total. The van der Waals surface area contributed by atoms with Crippen molar-refractivity contribution in [3.05, 3.63) is 59.3 Å². The van der Waals surface area contributed by atoms with Crippen LogP contribution in [-0.4, -0.2) is 30.5 Å². The van der Waals surface area contributed by atoms with Crippen LogP contribution in [0.4, 0.5) is 0 Å². The van der Waals surface area contributed by atoms with Gasteiger partial charge in [-0.2, -0.15) is 0 Å². The van der Waals surface area contributed by atoms with Gasteiger partial charge in [-0.1, -0.05) is 25.1 Å². The first-order valence-electron chi connectivity index (χ1n) is 10.1. The fraction of sp³-hybridized carbons (Fsp3) is 0.348. The highest BCUT2D eigenvalue weighted by Crippen LogP contribution is 2.35. The number of nitrogens with two attached hydrogens (primary N) is 1. The minimum atomic E-state index is -0.394. The van der Waals surface area contributed by atoms with E-state index in [1.165, 1.54) is 11.1 Å². The van der Waals surface area contributed by atoms with Crippen LogP contribution in [0.3, 0.4) is 0 Å². The van der Waals surface area contributed by atoms with E-state index in [1.54, 1.807) is 0 Å². The number of primary amides is 1. The molecule has 146 valence electrons. The van der Waals surface area contributed by atoms with E-state index in [-0.39, 0.29) is 0 Å². The maximum absolute atomic E-state index is 12.2. The molecule has 5 nitrogen and oxygen atoms in total. The van der Waals surface area contributed by atoms with Gasteiger partial charge >= 0.3 is 0 Å². The smallest absolute Gasteiger partial charge is 0.250 e. The van der Waals surface area contributed by atoms with Crippen LogP contribution in [0, 0.1) is 0 Å². The molecule has 1 amide bonds. The predicted molar refractivity (Wildman–Crippen MR) is 114 cm³/mol. The molecule has 5 heteroatoms. The number of rotatable bonds is 6. The van der Waals surface area contributed by atoms with Gasteiger partial charge in [-0.15, -0.1) is 0 Å². The summed E-state index contributed by atoms with van der Waals surface area (Å²) in [5, 5.41) is 7.91. The third kappa shape index (κ3) is 3.68. The van der Waals surface area contributed by atoms with E-state index in [0.717, 1.165) is 61.1 Å². The second-order valence-electron chi connectivity index (χ2n) is 7.56. The van der Waals surface area contributed by atoms with Gasteiger partial charge in [0.15, 0.2) is 0 Å². The molecule has 0 saturated carbocycles. The molecule has 0 radical (unpaired) electrons. The lowest BCUT2D eigenvalue weighted by Gasteiger charge is -2.22. The number of aromatic amines is 1. The molecule has 0 spiro atoms. The molecule has 0 bridgehead atoms. The Bertz CT molecular complexity index is 985. The molecule has 0 aliphatic carbocycles. The fourth-order valence-corrected chi connectivity index (χ4v) is 4.21. The van der Waals surface area contributed by atoms with Crippen molar-refractivity contribution in [1.82, 2.24) is 15.6 Å². The highest BCUT2D eigenvalue weighted by Gasteiger charge is 2.21. The first-order chi connectivity index (χ1) is 13.7. The maximum Gasteiger partial charge on any atom is 0.250 e. The Morgan fingerprint density at radius 3 is 2.75 bits per heavy atom. The van der Waals surface area contributed by atoms with Crippen molar-refractivity contribution < 1.29 is 4.79 Å². The lowest BCUT2D eigenvalue weighted by Crippen LogP contribution is -2.26. The largest absolute Gasteiger partial charge is 0.366 e. The zero-order chi connectivity index (χ0) is 19.5. The van der Waals surface area contributed by atoms with E-state index in [2.05, 4.69) is 59.1 Å². The Balaban J connectivity index is 1.81. The number of H-pyrrole nitrogens is 1. The van der Waals surface area contributed by atoms with Crippen LogP contribution >= 0.6 is 0 Å². The van der Waals surface area contributed by atoms with E-state index >= 15 is 0 Å². The predicted octanol–water partition coefficient (Wildman–Crippen LogP) is 3.51. The molecule has 28 heavy (non-hydrogen) atoms. The average Bonchev–Trinajstić information content (AvgIpc) is 3.16. The average molecular weight is 377 g/mol. The standard InChI is InChI=1S/C23H28N4O/c1-2-25-13-15-4-3-5-17(10-15)18-11-19-21(16-6-8-26-9-7-16)14-27-22(19)20(12-18)23(24)28/h3-5,10-12,14,16,25-27H,2,6-9,13H2,1H3,(H2,24,28). The van der Waals surface area contributed by atoms with E-state index in [0.29, 0.717) is 11.5 Å². The van der Waals surface area contributed by atoms with Crippen molar-refractivity contribution in [1.29, 1.82) is 0 Å². The fourth-order valence-electron chi connectivity index (χ4n) is 4.21. The summed E-state index contributed by atoms with van der Waals surface area (Å²) in [6, 6.07) is 12.6. The minimum Gasteiger partial charge on any atom is -0.366 e. The molecule has 1 aromatic heterocycles. The Kier molecular flexibility index (Phi) is 5.46. The molecule has 0 unspecified atom stereocenters. The van der Waals surface area contributed by atoms with Gasteiger partial charge in [-0.25, -0.2) is 0 Å². The summed E-state index contributed by atoms with van der Waals surface area (Å²) in [6.45, 7) is 5.94. The first kappa shape index (κ1) is 18.7. The SMILES string of the molecule is CCNCc1cccc(-c2cc(C(N)=O)c3[nH]cc(C4CCNCC4)c3c2)c1. The van der Waals surface area contributed by atoms with Gasteiger partial charge < -0.3 is 21.4 Å². The van der Waals surface area contributed by atoms with E-state index in [4.69, 9.17) is 5.73 Å². The zero-order valence-electron chi connectivity index (χ0n) is 16.3. The van der Waals surface area contributed by atoms with E-state index < -0.39 is 5.91 Å². The minimum absolute atomic E-state index is 0.394. The summed E-state index contributed by atoms with van der Waals surface area (Å²) in [4.78, 5) is 15.5. The molecular formula is C23H28N4O. The number of benzene rings is 2. The first-order valence-corrected chi connectivity index (χ1v) is 10.1. The third-order valence-electron chi connectivity index (χ3n) is 5.71. The van der Waals surface area contributed by atoms with Crippen LogP contribution < -0.4 is 16.4 Å². The summed E-state index contributed by atoms with van der Waals surface area (Å²) in [6.07, 6.45) is 4.29. The lowest BCUT2D eigenvalue weighted by molar-refractivity contribution is 0.100. The number of nitrogens with one attached hydrogen (secondary N) is 3. The molecule has 3 aromatic rings. The molecule has 0 atom stereocenters. The maximum atomic E-state index is 12.2. The monoisotopic (exact) mass is 376 g/mol. The summed E-state index contributed by atoms with van der Waals surface area (Å²) in [5.74, 6) is 0.112. The Morgan fingerprint density at radius 1 is 1.18 bits per heavy atom. The Morgan fingerprint density at radius 2 is 2.00 bits per heavy atom. The van der Waals surface area contributed by atoms with Gasteiger partial charge in [-0.3, -0.25) is 4.79 Å². The number of piperidine rings is 1. The second-order valence-corrected chi connectivity index (χ2v) is 7.56. The molecule has 4 rings (SSSR count). The van der Waals surface area contributed by atoms with Gasteiger partial charge in [0.2, 0.25) is 0 Å². The van der Waals surface area contributed by atoms with Crippen LogP contribution in [-0.2, 0) is 6.54 Å². The van der Waals surface area contributed by atoms with Crippen molar-refractivity contribution in [2.45, 2.75) is 32.2 Å². The lowest BCUT2D eigenvalue weighted by atomic mass is 9.88. The molecular weight excluding hydrogens is 348 g/mol. The number of hydrogen-bond acceptors (Lipinski definition) is 3. The Hall–Kier alpha value is -2.63. The zero-order valence-corrected chi connectivity index (χ0v) is 16.3. The van der Waals surface area contributed by atoms with Crippen LogP contribution in [0.15, 0.2) is 42.6 Å². The number of carbonyl (C=O) groups is 1. The van der Waals surface area contributed by atoms with Gasteiger partial charge in [0.1, 0.15) is 0 Å². The van der Waals surface area contributed by atoms with Crippen LogP contribution in [0.2, 0.25) is 0 Å². The van der Waals surface area contributed by atoms with Crippen molar-refractivity contribution in [2.24, 2.45) is 5.73 Å². The Labute approximate surface area is 165 Å². The molecule has 2 heterocycles. The van der Waals surface area contributed by atoms with Crippen molar-refractivity contribution in [2.75, 3.05) is 19.6 Å². The highest BCUT2D eigenvalue weighted by molar-refractivity contribution is 6.07. The number of hydrogen-bond donors (Lipinski definition) is 4. The van der Waals surface area contributed by atoms with Crippen molar-refractivity contribution >= 4 is 16.8 Å². The van der Waals surface area contributed by atoms with Crippen LogP contribution in [0.25, 0.3) is 22.0 Å². The number of fused-ring (bicyclic) bond motifs is 1. The highest BCUT2D eigenvalue weighted by atomic mass is 16.1. The normalized spacial score (nSPS) is 15.2. The molecule has 2 aromatic carbocycles. The van der Waals surface area contributed by atoms with Gasteiger partial charge in [0.05, 0.1) is 11.1 Å². The topological polar surface area (TPSA) is 82.9 Å². The van der Waals surface area contributed by atoms with Crippen LogP contribution in [0.5, 0.6) is 0 Å². The summed E-state index contributed by atoms with van der Waals surface area (Å²) in [7, 11) is 0. The van der Waals surface area contributed by atoms with Gasteiger partial charge in [0.25, 0.3) is 5.91 Å². The van der Waals surface area contributed by atoms with E-state index in [9.17, 15) is 4.79 Å². The third-order valence-corrected chi connectivity index (χ3v) is 5.71. The molecule has 1 saturated heterocycles. The van der Waals surface area contributed by atoms with Crippen molar-refractivity contribution in [3.8, 4) is 11.1 Å². The number of amides is 1.